The summed E-state index contributed by atoms with van der Waals surface area (Å²) in [6.07, 6.45) is 2.41. The van der Waals surface area contributed by atoms with Gasteiger partial charge in [0.15, 0.2) is 0 Å². The first-order valence-corrected chi connectivity index (χ1v) is 12.3. The number of unbranched alkanes of at least 4 members (excludes halogenated alkanes) is 1. The maximum atomic E-state index is 14.5. The Bertz CT molecular complexity index is 1400. The van der Waals surface area contributed by atoms with Gasteiger partial charge in [-0.25, -0.2) is 4.39 Å². The summed E-state index contributed by atoms with van der Waals surface area (Å²) in [5.41, 5.74) is 4.36. The maximum Gasteiger partial charge on any atom is 0.284 e. The van der Waals surface area contributed by atoms with Crippen molar-refractivity contribution in [1.29, 1.82) is 5.26 Å². The lowest BCUT2D eigenvalue weighted by atomic mass is 9.84. The summed E-state index contributed by atoms with van der Waals surface area (Å²) in [7, 11) is 6.09. The summed E-state index contributed by atoms with van der Waals surface area (Å²) in [5, 5.41) is 25.6. The molecule has 0 spiro atoms. The molecular weight excluding hydrogens is 487 g/mol. The zero-order valence-corrected chi connectivity index (χ0v) is 22.1. The van der Waals surface area contributed by atoms with E-state index in [1.165, 1.54) is 38.4 Å². The van der Waals surface area contributed by atoms with Gasteiger partial charge >= 0.3 is 0 Å². The van der Waals surface area contributed by atoms with Crippen LogP contribution >= 0.6 is 0 Å². The molecule has 38 heavy (non-hydrogen) atoms. The van der Waals surface area contributed by atoms with Gasteiger partial charge in [0, 0.05) is 37.5 Å². The summed E-state index contributed by atoms with van der Waals surface area (Å²) < 4.78 is 31.2. The molecule has 8 nitrogen and oxygen atoms in total. The topological polar surface area (TPSA) is 99.9 Å². The highest BCUT2D eigenvalue weighted by molar-refractivity contribution is 6.03. The average Bonchev–Trinajstić information content (AvgIpc) is 2.94. The van der Waals surface area contributed by atoms with Crippen LogP contribution in [0.25, 0.3) is 11.3 Å². The molecule has 1 aromatic heterocycles. The number of hydrogen-bond acceptors (Lipinski definition) is 8. The molecule has 0 aliphatic carbocycles. The van der Waals surface area contributed by atoms with E-state index in [2.05, 4.69) is 23.3 Å². The smallest absolute Gasteiger partial charge is 0.284 e. The number of hydrogen-bond donors (Lipinski definition) is 2. The SMILES string of the molecule is CCCCc1c(C#N)ccc2c1C(NC)=C(c1cc(OC)nc(OC)c1)C(O)(OC)N2c1cccc(F)c1. The van der Waals surface area contributed by atoms with Gasteiger partial charge in [0.1, 0.15) is 5.82 Å². The van der Waals surface area contributed by atoms with Crippen molar-refractivity contribution in [2.24, 2.45) is 0 Å². The van der Waals surface area contributed by atoms with E-state index in [9.17, 15) is 14.8 Å². The summed E-state index contributed by atoms with van der Waals surface area (Å²) in [6.45, 7) is 2.08. The van der Waals surface area contributed by atoms with Gasteiger partial charge in [-0.05, 0) is 54.3 Å². The Morgan fingerprint density at radius 3 is 2.37 bits per heavy atom. The van der Waals surface area contributed by atoms with Gasteiger partial charge in [-0.15, -0.1) is 0 Å². The summed E-state index contributed by atoms with van der Waals surface area (Å²) in [4.78, 5) is 5.83. The Hall–Kier alpha value is -4.13. The molecule has 2 aromatic carbocycles. The highest BCUT2D eigenvalue weighted by Gasteiger charge is 2.48. The summed E-state index contributed by atoms with van der Waals surface area (Å²) in [6, 6.07) is 15.0. The number of rotatable bonds is 9. The van der Waals surface area contributed by atoms with Gasteiger partial charge in [-0.3, -0.25) is 4.90 Å². The molecule has 1 unspecified atom stereocenters. The minimum atomic E-state index is -2.10. The second kappa shape index (κ2) is 11.1. The average molecular weight is 519 g/mol. The molecule has 0 fully saturated rings. The Balaban J connectivity index is 2.19. The van der Waals surface area contributed by atoms with Crippen LogP contribution in [-0.4, -0.2) is 44.4 Å². The third-order valence-electron chi connectivity index (χ3n) is 6.65. The number of aromatic nitrogens is 1. The first-order valence-electron chi connectivity index (χ1n) is 12.3. The van der Waals surface area contributed by atoms with E-state index in [0.29, 0.717) is 40.2 Å². The molecule has 0 radical (unpaired) electrons. The van der Waals surface area contributed by atoms with Crippen molar-refractivity contribution >= 4 is 22.6 Å². The minimum Gasteiger partial charge on any atom is -0.481 e. The second-order valence-corrected chi connectivity index (χ2v) is 8.77. The molecule has 2 N–H and O–H groups in total. The normalized spacial score (nSPS) is 16.6. The molecule has 198 valence electrons. The lowest BCUT2D eigenvalue weighted by Crippen LogP contribution is -2.52. The van der Waals surface area contributed by atoms with Crippen molar-refractivity contribution in [1.82, 2.24) is 10.3 Å². The van der Waals surface area contributed by atoms with E-state index in [1.807, 2.05) is 0 Å². The van der Waals surface area contributed by atoms with E-state index < -0.39 is 11.7 Å². The van der Waals surface area contributed by atoms with Crippen molar-refractivity contribution in [3.63, 3.8) is 0 Å². The molecule has 2 heterocycles. The van der Waals surface area contributed by atoms with Gasteiger partial charge in [-0.2, -0.15) is 10.2 Å². The molecular formula is C29H31FN4O4. The molecule has 0 amide bonds. The Labute approximate surface area is 221 Å². The number of nitrogens with one attached hydrogen (secondary N) is 1. The third-order valence-corrected chi connectivity index (χ3v) is 6.65. The number of methoxy groups -OCH3 is 3. The van der Waals surface area contributed by atoms with Crippen LogP contribution in [0.4, 0.5) is 15.8 Å². The van der Waals surface area contributed by atoms with Crippen LogP contribution in [0.5, 0.6) is 11.8 Å². The quantitative estimate of drug-likeness (QED) is 0.383. The van der Waals surface area contributed by atoms with Crippen LogP contribution in [0, 0.1) is 17.1 Å². The Morgan fingerprint density at radius 2 is 1.82 bits per heavy atom. The lowest BCUT2D eigenvalue weighted by molar-refractivity contribution is -0.130. The fraction of sp³-hybridized carbons (Fsp3) is 0.310. The van der Waals surface area contributed by atoms with Gasteiger partial charge in [0.25, 0.3) is 5.91 Å². The highest BCUT2D eigenvalue weighted by atomic mass is 19.1. The first kappa shape index (κ1) is 26.9. The number of halogens is 1. The van der Waals surface area contributed by atoms with Crippen molar-refractivity contribution in [3.8, 4) is 17.8 Å². The molecule has 3 aromatic rings. The van der Waals surface area contributed by atoms with E-state index in [4.69, 9.17) is 14.2 Å². The van der Waals surface area contributed by atoms with Crippen LogP contribution in [-0.2, 0) is 11.2 Å². The Kier molecular flexibility index (Phi) is 7.86. The first-order chi connectivity index (χ1) is 18.4. The highest BCUT2D eigenvalue weighted by Crippen LogP contribution is 2.51. The largest absolute Gasteiger partial charge is 0.481 e. The van der Waals surface area contributed by atoms with E-state index >= 15 is 0 Å². The van der Waals surface area contributed by atoms with Crippen LogP contribution in [0.15, 0.2) is 48.5 Å². The van der Waals surface area contributed by atoms with Crippen molar-refractivity contribution in [2.45, 2.75) is 32.1 Å². The number of aliphatic hydroxyl groups is 1. The van der Waals surface area contributed by atoms with E-state index in [0.717, 1.165) is 24.0 Å². The van der Waals surface area contributed by atoms with Crippen LogP contribution in [0.1, 0.15) is 42.0 Å². The molecule has 1 atom stereocenters. The number of anilines is 2. The molecule has 1 aliphatic rings. The number of nitrogens with zero attached hydrogens (tertiary/aromatic N) is 3. The van der Waals surface area contributed by atoms with E-state index in [1.54, 1.807) is 43.4 Å². The predicted octanol–water partition coefficient (Wildman–Crippen LogP) is 4.98. The zero-order chi connectivity index (χ0) is 27.4. The van der Waals surface area contributed by atoms with Crippen LogP contribution in [0.3, 0.4) is 0 Å². The van der Waals surface area contributed by atoms with Crippen LogP contribution in [0.2, 0.25) is 0 Å². The number of benzene rings is 2. The summed E-state index contributed by atoms with van der Waals surface area (Å²) >= 11 is 0. The molecule has 1 aliphatic heterocycles. The zero-order valence-electron chi connectivity index (χ0n) is 22.1. The molecule has 4 rings (SSSR count). The fourth-order valence-corrected chi connectivity index (χ4v) is 4.92. The lowest BCUT2D eigenvalue weighted by Gasteiger charge is -2.46. The van der Waals surface area contributed by atoms with Crippen LogP contribution < -0.4 is 19.7 Å². The van der Waals surface area contributed by atoms with Gasteiger partial charge in [0.05, 0.1) is 42.8 Å². The van der Waals surface area contributed by atoms with Crippen molar-refractivity contribution in [3.05, 3.63) is 76.6 Å². The fourth-order valence-electron chi connectivity index (χ4n) is 4.92. The predicted molar refractivity (Wildman–Crippen MR) is 143 cm³/mol. The van der Waals surface area contributed by atoms with Gasteiger partial charge in [0.2, 0.25) is 11.8 Å². The molecule has 0 saturated carbocycles. The molecule has 0 saturated heterocycles. The number of ether oxygens (including phenoxy) is 3. The van der Waals surface area contributed by atoms with Crippen molar-refractivity contribution < 1.29 is 23.7 Å². The number of nitriles is 1. The van der Waals surface area contributed by atoms with Crippen molar-refractivity contribution in [2.75, 3.05) is 33.3 Å². The van der Waals surface area contributed by atoms with Gasteiger partial charge < -0.3 is 24.6 Å². The van der Waals surface area contributed by atoms with Gasteiger partial charge in [-0.1, -0.05) is 19.4 Å². The van der Waals surface area contributed by atoms with E-state index in [-0.39, 0.29) is 11.8 Å². The molecule has 9 heteroatoms. The molecule has 0 bridgehead atoms. The number of pyridine rings is 1. The second-order valence-electron chi connectivity index (χ2n) is 8.77. The standard InChI is InChI=1S/C29H31FN4O4/c1-6-7-11-22-18(17-31)12-13-23-26(22)28(32-2)27(19-14-24(36-3)33-25(15-19)37-4)29(35,38-5)34(23)21-10-8-9-20(30)16-21/h8-10,12-16,32,35H,6-7,11H2,1-5H3. The number of fused-ring (bicyclic) bond motifs is 1. The minimum absolute atomic E-state index is 0.265. The monoisotopic (exact) mass is 518 g/mol. The Morgan fingerprint density at radius 1 is 1.11 bits per heavy atom. The summed E-state index contributed by atoms with van der Waals surface area (Å²) in [5.74, 6) is -2.05. The maximum absolute atomic E-state index is 14.5. The third kappa shape index (κ3) is 4.53.